The van der Waals surface area contributed by atoms with Gasteiger partial charge in [-0.3, -0.25) is 19.5 Å². The number of aromatic amines is 1. The number of carbonyl (C=O) groups excluding carboxylic acids is 1. The molecule has 0 spiro atoms. The molecule has 1 unspecified atom stereocenters. The number of carbonyl (C=O) groups is 1. The molecular weight excluding hydrogens is 468 g/mol. The van der Waals surface area contributed by atoms with Crippen LogP contribution in [-0.4, -0.2) is 85.1 Å². The summed E-state index contributed by atoms with van der Waals surface area (Å²) in [5.74, 6) is 1.88. The number of nitrogens with zero attached hydrogens (tertiary/aromatic N) is 5. The van der Waals surface area contributed by atoms with Gasteiger partial charge in [-0.15, -0.1) is 0 Å². The number of unbranched alkanes of at least 4 members (excludes halogenated alkanes) is 1. The second kappa shape index (κ2) is 12.9. The van der Waals surface area contributed by atoms with E-state index in [4.69, 9.17) is 9.72 Å². The predicted octanol–water partition coefficient (Wildman–Crippen LogP) is 2.97. The van der Waals surface area contributed by atoms with Crippen LogP contribution in [0.4, 0.5) is 11.6 Å². The van der Waals surface area contributed by atoms with E-state index in [9.17, 15) is 9.59 Å². The van der Waals surface area contributed by atoms with E-state index in [0.29, 0.717) is 38.7 Å². The number of anilines is 2. The largest absolute Gasteiger partial charge is 0.497 e. The highest BCUT2D eigenvalue weighted by Gasteiger charge is 2.27. The fourth-order valence-corrected chi connectivity index (χ4v) is 5.27. The van der Waals surface area contributed by atoms with Crippen LogP contribution >= 0.6 is 0 Å². The molecule has 0 bridgehead atoms. The maximum absolute atomic E-state index is 13.0. The second-order valence-corrected chi connectivity index (χ2v) is 10.1. The lowest BCUT2D eigenvalue weighted by Crippen LogP contribution is -2.51. The van der Waals surface area contributed by atoms with Gasteiger partial charge in [-0.25, -0.2) is 4.98 Å². The number of amides is 1. The Morgan fingerprint density at radius 1 is 1.03 bits per heavy atom. The molecule has 0 radical (unpaired) electrons. The number of benzene rings is 1. The highest BCUT2D eigenvalue weighted by Crippen LogP contribution is 2.23. The van der Waals surface area contributed by atoms with Gasteiger partial charge in [0.15, 0.2) is 0 Å². The first-order chi connectivity index (χ1) is 18.0. The number of H-pyrrole nitrogens is 1. The highest BCUT2D eigenvalue weighted by atomic mass is 16.5. The summed E-state index contributed by atoms with van der Waals surface area (Å²) in [5, 5.41) is 0. The van der Waals surface area contributed by atoms with Gasteiger partial charge in [0, 0.05) is 82.6 Å². The minimum Gasteiger partial charge on any atom is -0.497 e. The smallest absolute Gasteiger partial charge is 0.252 e. The molecule has 2 aliphatic rings. The molecule has 1 aromatic heterocycles. The molecule has 1 atom stereocenters. The molecule has 0 saturated carbocycles. The van der Waals surface area contributed by atoms with Crippen molar-refractivity contribution in [3.63, 3.8) is 0 Å². The van der Waals surface area contributed by atoms with Gasteiger partial charge in [0.05, 0.1) is 12.8 Å². The van der Waals surface area contributed by atoms with E-state index in [1.807, 2.05) is 17.0 Å². The summed E-state index contributed by atoms with van der Waals surface area (Å²) in [6.07, 6.45) is 4.07. The number of aromatic nitrogens is 2. The SMILES string of the molecule is CCCCC(CC)C(=O)N1CCN(c2nc(CN3CCN(c4cccc(OC)c4)CC3)cc(=O)[nH]2)CC1. The molecular formula is C28H42N6O3. The van der Waals surface area contributed by atoms with Crippen molar-refractivity contribution in [2.45, 2.75) is 46.1 Å². The Morgan fingerprint density at radius 2 is 1.76 bits per heavy atom. The van der Waals surface area contributed by atoms with Gasteiger partial charge < -0.3 is 19.4 Å². The van der Waals surface area contributed by atoms with Crippen molar-refractivity contribution >= 4 is 17.5 Å². The summed E-state index contributed by atoms with van der Waals surface area (Å²) < 4.78 is 5.36. The second-order valence-electron chi connectivity index (χ2n) is 10.1. The number of hydrogen-bond acceptors (Lipinski definition) is 7. The van der Waals surface area contributed by atoms with E-state index in [1.54, 1.807) is 13.2 Å². The number of ether oxygens (including phenoxy) is 1. The summed E-state index contributed by atoms with van der Waals surface area (Å²) in [4.78, 5) is 42.0. The van der Waals surface area contributed by atoms with Crippen molar-refractivity contribution in [1.29, 1.82) is 0 Å². The summed E-state index contributed by atoms with van der Waals surface area (Å²) in [6.45, 7) is 11.3. The maximum Gasteiger partial charge on any atom is 0.252 e. The van der Waals surface area contributed by atoms with Crippen LogP contribution in [0.3, 0.4) is 0 Å². The average molecular weight is 511 g/mol. The van der Waals surface area contributed by atoms with Crippen molar-refractivity contribution in [3.8, 4) is 5.75 Å². The Bertz CT molecular complexity index is 1070. The van der Waals surface area contributed by atoms with Crippen LogP contribution in [0.25, 0.3) is 0 Å². The normalized spacial score (nSPS) is 17.6. The van der Waals surface area contributed by atoms with Crippen LogP contribution < -0.4 is 20.1 Å². The molecule has 1 amide bonds. The molecule has 2 aromatic rings. The van der Waals surface area contributed by atoms with E-state index in [0.717, 1.165) is 63.3 Å². The Balaban J connectivity index is 1.31. The lowest BCUT2D eigenvalue weighted by Gasteiger charge is -2.37. The summed E-state index contributed by atoms with van der Waals surface area (Å²) in [5.41, 5.74) is 1.83. The summed E-state index contributed by atoms with van der Waals surface area (Å²) in [7, 11) is 1.69. The first-order valence-electron chi connectivity index (χ1n) is 13.8. The average Bonchev–Trinajstić information content (AvgIpc) is 2.93. The first kappa shape index (κ1) is 27.0. The Morgan fingerprint density at radius 3 is 2.43 bits per heavy atom. The van der Waals surface area contributed by atoms with E-state index >= 15 is 0 Å². The molecule has 1 N–H and O–H groups in total. The van der Waals surface area contributed by atoms with E-state index < -0.39 is 0 Å². The lowest BCUT2D eigenvalue weighted by molar-refractivity contribution is -0.136. The zero-order chi connectivity index (χ0) is 26.2. The lowest BCUT2D eigenvalue weighted by atomic mass is 9.97. The van der Waals surface area contributed by atoms with E-state index in [1.165, 1.54) is 5.69 Å². The zero-order valence-corrected chi connectivity index (χ0v) is 22.6. The van der Waals surface area contributed by atoms with Crippen LogP contribution in [0.1, 0.15) is 45.2 Å². The third-order valence-corrected chi connectivity index (χ3v) is 7.60. The molecule has 9 heteroatoms. The van der Waals surface area contributed by atoms with Crippen molar-refractivity contribution in [1.82, 2.24) is 19.8 Å². The molecule has 1 aromatic carbocycles. The molecule has 2 fully saturated rings. The molecule has 202 valence electrons. The minimum atomic E-state index is -0.126. The van der Waals surface area contributed by atoms with Crippen molar-refractivity contribution < 1.29 is 9.53 Å². The van der Waals surface area contributed by atoms with Gasteiger partial charge in [-0.2, -0.15) is 0 Å². The first-order valence-corrected chi connectivity index (χ1v) is 13.8. The predicted molar refractivity (Wildman–Crippen MR) is 147 cm³/mol. The highest BCUT2D eigenvalue weighted by molar-refractivity contribution is 5.79. The number of hydrogen-bond donors (Lipinski definition) is 1. The molecule has 4 rings (SSSR count). The minimum absolute atomic E-state index is 0.122. The van der Waals surface area contributed by atoms with Gasteiger partial charge in [-0.1, -0.05) is 32.8 Å². The number of nitrogens with one attached hydrogen (secondary N) is 1. The number of piperazine rings is 2. The molecule has 2 saturated heterocycles. The molecule has 9 nitrogen and oxygen atoms in total. The number of methoxy groups -OCH3 is 1. The van der Waals surface area contributed by atoms with Crippen molar-refractivity contribution in [3.05, 3.63) is 46.4 Å². The molecule has 2 aliphatic heterocycles. The van der Waals surface area contributed by atoms with Gasteiger partial charge in [0.1, 0.15) is 5.75 Å². The van der Waals surface area contributed by atoms with Crippen LogP contribution in [0.15, 0.2) is 35.1 Å². The van der Waals surface area contributed by atoms with E-state index in [-0.39, 0.29) is 17.4 Å². The van der Waals surface area contributed by atoms with Crippen molar-refractivity contribution in [2.75, 3.05) is 69.3 Å². The fraction of sp³-hybridized carbons (Fsp3) is 0.607. The quantitative estimate of drug-likeness (QED) is 0.526. The Kier molecular flexibility index (Phi) is 9.44. The standard InChI is InChI=1S/C28H42N6O3/c1-4-6-8-22(5-2)27(36)33-15-17-34(18-16-33)28-29-23(19-26(35)30-28)21-31-11-13-32(14-12-31)24-9-7-10-25(20-24)37-3/h7,9-10,19-20,22H,4-6,8,11-18,21H2,1-3H3,(H,29,30,35). The zero-order valence-electron chi connectivity index (χ0n) is 22.6. The maximum atomic E-state index is 13.0. The van der Waals surface area contributed by atoms with Gasteiger partial charge in [0.2, 0.25) is 11.9 Å². The summed E-state index contributed by atoms with van der Waals surface area (Å²) in [6, 6.07) is 9.78. The van der Waals surface area contributed by atoms with Gasteiger partial charge >= 0.3 is 0 Å². The van der Waals surface area contributed by atoms with Gasteiger partial charge in [-0.05, 0) is 25.0 Å². The third-order valence-electron chi connectivity index (χ3n) is 7.60. The number of rotatable bonds is 10. The third kappa shape index (κ3) is 7.03. The molecule has 0 aliphatic carbocycles. The molecule has 3 heterocycles. The van der Waals surface area contributed by atoms with Crippen molar-refractivity contribution in [2.24, 2.45) is 5.92 Å². The Hall–Kier alpha value is -3.07. The fourth-order valence-electron chi connectivity index (χ4n) is 5.27. The van der Waals surface area contributed by atoms with Gasteiger partial charge in [0.25, 0.3) is 5.56 Å². The van der Waals surface area contributed by atoms with E-state index in [2.05, 4.69) is 45.7 Å². The van der Waals surface area contributed by atoms with Crippen LogP contribution in [-0.2, 0) is 11.3 Å². The Labute approximate surface area is 220 Å². The van der Waals surface area contributed by atoms with Crippen LogP contribution in [0.2, 0.25) is 0 Å². The van der Waals surface area contributed by atoms with Crippen LogP contribution in [0, 0.1) is 5.92 Å². The monoisotopic (exact) mass is 510 g/mol. The summed E-state index contributed by atoms with van der Waals surface area (Å²) >= 11 is 0. The topological polar surface area (TPSA) is 85.0 Å². The molecule has 37 heavy (non-hydrogen) atoms. The van der Waals surface area contributed by atoms with Crippen LogP contribution in [0.5, 0.6) is 5.75 Å².